The molecule has 6 nitrogen and oxygen atoms in total. The van der Waals surface area contributed by atoms with Gasteiger partial charge in [-0.2, -0.15) is 4.31 Å². The van der Waals surface area contributed by atoms with Crippen molar-refractivity contribution >= 4 is 10.0 Å². The van der Waals surface area contributed by atoms with E-state index in [2.05, 4.69) is 5.32 Å². The van der Waals surface area contributed by atoms with Crippen LogP contribution in [0.1, 0.15) is 24.4 Å². The Morgan fingerprint density at radius 2 is 2.10 bits per heavy atom. The predicted octanol–water partition coefficient (Wildman–Crippen LogP) is 1.11. The number of nitrogens with zero attached hydrogens (tertiary/aromatic N) is 1. The van der Waals surface area contributed by atoms with Gasteiger partial charge in [0.25, 0.3) is 0 Å². The summed E-state index contributed by atoms with van der Waals surface area (Å²) in [7, 11) is -0.00663. The summed E-state index contributed by atoms with van der Waals surface area (Å²) in [6.45, 7) is 3.19. The number of nitrogens with one attached hydrogen (secondary N) is 1. The van der Waals surface area contributed by atoms with Crippen LogP contribution < -0.4 is 5.32 Å². The molecule has 2 heterocycles. The van der Waals surface area contributed by atoms with Crippen molar-refractivity contribution in [1.29, 1.82) is 0 Å². The molecule has 1 aliphatic heterocycles. The SMILES string of the molecule is CNCc1cc(S(=O)(=O)N2CCC(OC)CC2)c(C)o1. The molecule has 0 unspecified atom stereocenters. The summed E-state index contributed by atoms with van der Waals surface area (Å²) in [5.74, 6) is 1.08. The van der Waals surface area contributed by atoms with E-state index in [0.717, 1.165) is 12.8 Å². The highest BCUT2D eigenvalue weighted by Gasteiger charge is 2.32. The predicted molar refractivity (Wildman–Crippen MR) is 75.0 cm³/mol. The molecule has 1 saturated heterocycles. The highest BCUT2D eigenvalue weighted by Crippen LogP contribution is 2.26. The van der Waals surface area contributed by atoms with E-state index in [1.807, 2.05) is 0 Å². The molecule has 1 aromatic rings. The van der Waals surface area contributed by atoms with Crippen LogP contribution >= 0.6 is 0 Å². The number of methoxy groups -OCH3 is 1. The summed E-state index contributed by atoms with van der Waals surface area (Å²) in [6, 6.07) is 1.61. The van der Waals surface area contributed by atoms with Crippen molar-refractivity contribution in [3.8, 4) is 0 Å². The van der Waals surface area contributed by atoms with Gasteiger partial charge in [0.15, 0.2) is 0 Å². The minimum Gasteiger partial charge on any atom is -0.464 e. The number of hydrogen-bond acceptors (Lipinski definition) is 5. The molecule has 7 heteroatoms. The molecule has 1 N–H and O–H groups in total. The number of hydrogen-bond donors (Lipinski definition) is 1. The minimum absolute atomic E-state index is 0.159. The average Bonchev–Trinajstić information content (AvgIpc) is 2.81. The lowest BCUT2D eigenvalue weighted by Gasteiger charge is -2.30. The van der Waals surface area contributed by atoms with Crippen LogP contribution in [0.15, 0.2) is 15.4 Å². The number of furan rings is 1. The zero-order valence-electron chi connectivity index (χ0n) is 12.2. The number of piperidine rings is 1. The van der Waals surface area contributed by atoms with Crippen molar-refractivity contribution < 1.29 is 17.6 Å². The summed E-state index contributed by atoms with van der Waals surface area (Å²) < 4.78 is 37.5. The highest BCUT2D eigenvalue weighted by molar-refractivity contribution is 7.89. The molecule has 0 spiro atoms. The first-order chi connectivity index (χ1) is 9.48. The Morgan fingerprint density at radius 1 is 1.45 bits per heavy atom. The van der Waals surface area contributed by atoms with Crippen LogP contribution in [-0.2, 0) is 21.3 Å². The smallest absolute Gasteiger partial charge is 0.246 e. The molecule has 0 radical (unpaired) electrons. The Kier molecular flexibility index (Phi) is 4.85. The Bertz CT molecular complexity index is 545. The number of ether oxygens (including phenoxy) is 1. The van der Waals surface area contributed by atoms with Crippen LogP contribution in [0.5, 0.6) is 0 Å². The largest absolute Gasteiger partial charge is 0.464 e. The standard InChI is InChI=1S/C13H22N2O4S/c1-10-13(8-12(19-10)9-14-2)20(16,17)15-6-4-11(18-3)5-7-15/h8,11,14H,4-7,9H2,1-3H3. The van der Waals surface area contributed by atoms with Gasteiger partial charge >= 0.3 is 0 Å². The molecule has 1 aliphatic rings. The third-order valence-electron chi connectivity index (χ3n) is 3.63. The molecule has 114 valence electrons. The number of sulfonamides is 1. The Hall–Kier alpha value is -0.890. The van der Waals surface area contributed by atoms with Gasteiger partial charge in [0, 0.05) is 26.3 Å². The molecular weight excluding hydrogens is 280 g/mol. The van der Waals surface area contributed by atoms with Gasteiger partial charge in [0.2, 0.25) is 10.0 Å². The third-order valence-corrected chi connectivity index (χ3v) is 5.63. The first-order valence-corrected chi connectivity index (χ1v) is 8.20. The molecular formula is C13H22N2O4S. The maximum atomic E-state index is 12.6. The molecule has 0 saturated carbocycles. The molecule has 0 aliphatic carbocycles. The van der Waals surface area contributed by atoms with Crippen molar-refractivity contribution in [2.75, 3.05) is 27.2 Å². The fourth-order valence-corrected chi connectivity index (χ4v) is 4.14. The Morgan fingerprint density at radius 3 is 2.65 bits per heavy atom. The van der Waals surface area contributed by atoms with Gasteiger partial charge in [-0.25, -0.2) is 8.42 Å². The Balaban J connectivity index is 2.18. The first kappa shape index (κ1) is 15.5. The normalized spacial score (nSPS) is 18.6. The van der Waals surface area contributed by atoms with E-state index < -0.39 is 10.0 Å². The number of aryl methyl sites for hydroxylation is 1. The van der Waals surface area contributed by atoms with Crippen LogP contribution in [0.25, 0.3) is 0 Å². The van der Waals surface area contributed by atoms with E-state index in [9.17, 15) is 8.42 Å². The van der Waals surface area contributed by atoms with E-state index in [1.54, 1.807) is 27.1 Å². The molecule has 0 amide bonds. The van der Waals surface area contributed by atoms with E-state index in [-0.39, 0.29) is 11.0 Å². The highest BCUT2D eigenvalue weighted by atomic mass is 32.2. The van der Waals surface area contributed by atoms with Crippen molar-refractivity contribution in [3.63, 3.8) is 0 Å². The van der Waals surface area contributed by atoms with Gasteiger partial charge in [0.05, 0.1) is 12.6 Å². The fourth-order valence-electron chi connectivity index (χ4n) is 2.49. The van der Waals surface area contributed by atoms with Crippen molar-refractivity contribution in [1.82, 2.24) is 9.62 Å². The van der Waals surface area contributed by atoms with Gasteiger partial charge in [-0.3, -0.25) is 0 Å². The van der Waals surface area contributed by atoms with Crippen LogP contribution in [0.3, 0.4) is 0 Å². The van der Waals surface area contributed by atoms with Crippen LogP contribution in [0.2, 0.25) is 0 Å². The maximum Gasteiger partial charge on any atom is 0.246 e. The van der Waals surface area contributed by atoms with Crippen LogP contribution in [-0.4, -0.2) is 46.1 Å². The van der Waals surface area contributed by atoms with Gasteiger partial charge < -0.3 is 14.5 Å². The first-order valence-electron chi connectivity index (χ1n) is 6.76. The van der Waals surface area contributed by atoms with Crippen molar-refractivity contribution in [2.45, 2.75) is 37.3 Å². The monoisotopic (exact) mass is 302 g/mol. The second-order valence-electron chi connectivity index (χ2n) is 5.00. The van der Waals surface area contributed by atoms with E-state index >= 15 is 0 Å². The minimum atomic E-state index is -3.47. The van der Waals surface area contributed by atoms with Gasteiger partial charge in [0.1, 0.15) is 16.4 Å². The lowest BCUT2D eigenvalue weighted by Crippen LogP contribution is -2.40. The van der Waals surface area contributed by atoms with E-state index in [1.165, 1.54) is 4.31 Å². The zero-order chi connectivity index (χ0) is 14.8. The van der Waals surface area contributed by atoms with E-state index in [0.29, 0.717) is 31.2 Å². The molecule has 20 heavy (non-hydrogen) atoms. The Labute approximate surface area is 120 Å². The van der Waals surface area contributed by atoms with Crippen molar-refractivity contribution in [3.05, 3.63) is 17.6 Å². The van der Waals surface area contributed by atoms with Crippen LogP contribution in [0.4, 0.5) is 0 Å². The third kappa shape index (κ3) is 3.06. The van der Waals surface area contributed by atoms with Crippen molar-refractivity contribution in [2.24, 2.45) is 0 Å². The second kappa shape index (κ2) is 6.26. The second-order valence-corrected chi connectivity index (χ2v) is 6.91. The van der Waals surface area contributed by atoms with Gasteiger partial charge in [-0.05, 0) is 26.8 Å². The lowest BCUT2D eigenvalue weighted by molar-refractivity contribution is 0.0604. The number of rotatable bonds is 5. The maximum absolute atomic E-state index is 12.6. The topological polar surface area (TPSA) is 71.8 Å². The molecule has 0 atom stereocenters. The summed E-state index contributed by atoms with van der Waals surface area (Å²) >= 11 is 0. The average molecular weight is 302 g/mol. The van der Waals surface area contributed by atoms with Crippen LogP contribution in [0, 0.1) is 6.92 Å². The molecule has 0 bridgehead atoms. The summed E-state index contributed by atoms with van der Waals surface area (Å²) in [5.41, 5.74) is 0. The summed E-state index contributed by atoms with van der Waals surface area (Å²) in [5, 5.41) is 2.95. The molecule has 1 fully saturated rings. The van der Waals surface area contributed by atoms with E-state index in [4.69, 9.17) is 9.15 Å². The quantitative estimate of drug-likeness (QED) is 0.882. The molecule has 2 rings (SSSR count). The zero-order valence-corrected chi connectivity index (χ0v) is 13.0. The van der Waals surface area contributed by atoms with Gasteiger partial charge in [-0.1, -0.05) is 0 Å². The summed E-state index contributed by atoms with van der Waals surface area (Å²) in [6.07, 6.45) is 1.62. The fraction of sp³-hybridized carbons (Fsp3) is 0.692. The molecule has 1 aromatic heterocycles. The lowest BCUT2D eigenvalue weighted by atomic mass is 10.1. The summed E-state index contributed by atoms with van der Waals surface area (Å²) in [4.78, 5) is 0.276. The van der Waals surface area contributed by atoms with Gasteiger partial charge in [-0.15, -0.1) is 0 Å². The molecule has 0 aromatic carbocycles.